The summed E-state index contributed by atoms with van der Waals surface area (Å²) in [6.07, 6.45) is 3.86. The number of nitrogens with zero attached hydrogens (tertiary/aromatic N) is 2. The van der Waals surface area contributed by atoms with Crippen LogP contribution in [0.4, 0.5) is 5.69 Å². The lowest BCUT2D eigenvalue weighted by Gasteiger charge is -2.33. The molecular weight excluding hydrogens is 582 g/mol. The first kappa shape index (κ1) is 32.7. The number of benzene rings is 3. The third-order valence-corrected chi connectivity index (χ3v) is 9.67. The summed E-state index contributed by atoms with van der Waals surface area (Å²) in [6.45, 7) is 2.98. The second-order valence-electron chi connectivity index (χ2n) is 10.9. The molecule has 0 unspecified atom stereocenters. The van der Waals surface area contributed by atoms with Gasteiger partial charge in [-0.2, -0.15) is 0 Å². The third-order valence-electron chi connectivity index (χ3n) is 7.90. The SMILES string of the molecule is COc1cccc(CN(C(=O)CN(c2cc(OC)ccc2OC)S(=O)(=O)c2ccc(C)cc2)[C@@H](C)C(=O)NC2CCCC2)c1. The average Bonchev–Trinajstić information content (AvgIpc) is 3.55. The molecule has 0 heterocycles. The third kappa shape index (κ3) is 7.63. The van der Waals surface area contributed by atoms with Gasteiger partial charge in [0.1, 0.15) is 29.8 Å². The number of nitrogens with one attached hydrogen (secondary N) is 1. The highest BCUT2D eigenvalue weighted by atomic mass is 32.2. The van der Waals surface area contributed by atoms with Crippen molar-refractivity contribution in [2.45, 2.75) is 63.1 Å². The van der Waals surface area contributed by atoms with Crippen molar-refractivity contribution in [2.24, 2.45) is 0 Å². The van der Waals surface area contributed by atoms with Crippen molar-refractivity contribution in [3.8, 4) is 17.2 Å². The summed E-state index contributed by atoms with van der Waals surface area (Å²) >= 11 is 0. The zero-order valence-electron chi connectivity index (χ0n) is 25.9. The molecular formula is C33H41N3O7S. The highest BCUT2D eigenvalue weighted by Crippen LogP contribution is 2.36. The monoisotopic (exact) mass is 623 g/mol. The standard InChI is InChI=1S/C33H41N3O7S/c1-23-13-16-29(17-14-23)44(39,40)36(30-20-28(42-4)15-18-31(30)43-5)22-32(37)35(21-25-9-8-12-27(19-25)41-3)24(2)33(38)34-26-10-6-7-11-26/h8-9,12-20,24,26H,6-7,10-11,21-22H2,1-5H3,(H,34,38)/t24-/m0/s1. The van der Waals surface area contributed by atoms with Crippen molar-refractivity contribution in [1.82, 2.24) is 10.2 Å². The van der Waals surface area contributed by atoms with E-state index in [4.69, 9.17) is 14.2 Å². The molecule has 1 saturated carbocycles. The Bertz CT molecular complexity index is 1550. The van der Waals surface area contributed by atoms with Crippen molar-refractivity contribution in [3.05, 3.63) is 77.9 Å². The van der Waals surface area contributed by atoms with Crippen LogP contribution in [0.15, 0.2) is 71.6 Å². The van der Waals surface area contributed by atoms with E-state index in [1.165, 1.54) is 37.3 Å². The second-order valence-corrected chi connectivity index (χ2v) is 12.8. The van der Waals surface area contributed by atoms with Gasteiger partial charge in [0.25, 0.3) is 10.0 Å². The van der Waals surface area contributed by atoms with Crippen LogP contribution in [0.25, 0.3) is 0 Å². The second kappa shape index (κ2) is 14.5. The van der Waals surface area contributed by atoms with E-state index >= 15 is 0 Å². The molecule has 44 heavy (non-hydrogen) atoms. The largest absolute Gasteiger partial charge is 0.497 e. The molecule has 3 aromatic carbocycles. The molecule has 11 heteroatoms. The normalized spacial score (nSPS) is 14.0. The predicted molar refractivity (Wildman–Crippen MR) is 169 cm³/mol. The molecule has 0 aliphatic heterocycles. The topological polar surface area (TPSA) is 114 Å². The zero-order chi connectivity index (χ0) is 31.9. The van der Waals surface area contributed by atoms with E-state index in [1.807, 2.05) is 13.0 Å². The van der Waals surface area contributed by atoms with Crippen LogP contribution in [-0.4, -0.2) is 65.1 Å². The fourth-order valence-electron chi connectivity index (χ4n) is 5.28. The molecule has 0 aromatic heterocycles. The number of carbonyl (C=O) groups excluding carboxylic acids is 2. The first-order chi connectivity index (χ1) is 21.1. The molecule has 1 aliphatic carbocycles. The van der Waals surface area contributed by atoms with E-state index in [2.05, 4.69) is 5.32 Å². The van der Waals surface area contributed by atoms with Crippen LogP contribution in [0.5, 0.6) is 17.2 Å². The maximum atomic E-state index is 14.3. The summed E-state index contributed by atoms with van der Waals surface area (Å²) in [5.41, 5.74) is 1.74. The van der Waals surface area contributed by atoms with Crippen molar-refractivity contribution < 1.29 is 32.2 Å². The lowest BCUT2D eigenvalue weighted by atomic mass is 10.1. The van der Waals surface area contributed by atoms with Crippen LogP contribution in [0.3, 0.4) is 0 Å². The lowest BCUT2D eigenvalue weighted by molar-refractivity contribution is -0.139. The van der Waals surface area contributed by atoms with Crippen molar-refractivity contribution in [1.29, 1.82) is 0 Å². The Morgan fingerprint density at radius 3 is 2.20 bits per heavy atom. The molecule has 0 saturated heterocycles. The van der Waals surface area contributed by atoms with Crippen LogP contribution >= 0.6 is 0 Å². The smallest absolute Gasteiger partial charge is 0.264 e. The van der Waals surface area contributed by atoms with Gasteiger partial charge in [-0.05, 0) is 68.7 Å². The molecule has 1 fully saturated rings. The maximum absolute atomic E-state index is 14.3. The van der Waals surface area contributed by atoms with Crippen molar-refractivity contribution in [3.63, 3.8) is 0 Å². The Hall–Kier alpha value is -4.25. The van der Waals surface area contributed by atoms with Gasteiger partial charge in [-0.3, -0.25) is 13.9 Å². The van der Waals surface area contributed by atoms with E-state index in [0.29, 0.717) is 11.5 Å². The van der Waals surface area contributed by atoms with Gasteiger partial charge in [0.15, 0.2) is 0 Å². The van der Waals surface area contributed by atoms with Crippen LogP contribution in [-0.2, 0) is 26.2 Å². The van der Waals surface area contributed by atoms with Gasteiger partial charge in [0.05, 0.1) is 31.9 Å². The highest BCUT2D eigenvalue weighted by Gasteiger charge is 2.34. The molecule has 0 bridgehead atoms. The molecule has 0 spiro atoms. The van der Waals surface area contributed by atoms with Crippen LogP contribution < -0.4 is 23.8 Å². The predicted octanol–water partition coefficient (Wildman–Crippen LogP) is 4.69. The summed E-state index contributed by atoms with van der Waals surface area (Å²) in [5.74, 6) is 0.362. The Kier molecular flexibility index (Phi) is 10.7. The zero-order valence-corrected chi connectivity index (χ0v) is 26.7. The number of carbonyl (C=O) groups is 2. The quantitative estimate of drug-likeness (QED) is 0.294. The van der Waals surface area contributed by atoms with Crippen molar-refractivity contribution >= 4 is 27.5 Å². The molecule has 4 rings (SSSR count). The molecule has 2 amide bonds. The highest BCUT2D eigenvalue weighted by molar-refractivity contribution is 7.92. The van der Waals surface area contributed by atoms with Crippen LogP contribution in [0, 0.1) is 6.92 Å². The number of sulfonamides is 1. The molecule has 1 atom stereocenters. The number of methoxy groups -OCH3 is 3. The van der Waals surface area contributed by atoms with E-state index in [9.17, 15) is 18.0 Å². The van der Waals surface area contributed by atoms with Gasteiger partial charge in [-0.1, -0.05) is 42.7 Å². The van der Waals surface area contributed by atoms with Gasteiger partial charge in [0, 0.05) is 18.7 Å². The molecule has 3 aromatic rings. The van der Waals surface area contributed by atoms with Gasteiger partial charge >= 0.3 is 0 Å². The van der Waals surface area contributed by atoms with Gasteiger partial charge in [-0.15, -0.1) is 0 Å². The van der Waals surface area contributed by atoms with E-state index in [1.54, 1.807) is 56.5 Å². The molecule has 1 aliphatic rings. The van der Waals surface area contributed by atoms with E-state index in [-0.39, 0.29) is 34.8 Å². The van der Waals surface area contributed by atoms with Crippen LogP contribution in [0.1, 0.15) is 43.7 Å². The Morgan fingerprint density at radius 1 is 0.909 bits per heavy atom. The Balaban J connectivity index is 1.76. The summed E-state index contributed by atoms with van der Waals surface area (Å²) < 4.78 is 45.7. The fourth-order valence-corrected chi connectivity index (χ4v) is 6.70. The molecule has 236 valence electrons. The minimum Gasteiger partial charge on any atom is -0.497 e. The summed E-state index contributed by atoms with van der Waals surface area (Å²) in [7, 11) is 0.168. The lowest BCUT2D eigenvalue weighted by Crippen LogP contribution is -2.52. The number of anilines is 1. The number of aryl methyl sites for hydroxylation is 1. The minimum absolute atomic E-state index is 0.00661. The number of hydrogen-bond donors (Lipinski definition) is 1. The minimum atomic E-state index is -4.28. The Morgan fingerprint density at radius 2 is 1.57 bits per heavy atom. The first-order valence-corrected chi connectivity index (χ1v) is 16.1. The molecule has 1 N–H and O–H groups in total. The summed E-state index contributed by atoms with van der Waals surface area (Å²) in [4.78, 5) is 29.2. The van der Waals surface area contributed by atoms with E-state index in [0.717, 1.165) is 41.1 Å². The Labute approximate surface area is 260 Å². The average molecular weight is 624 g/mol. The van der Waals surface area contributed by atoms with Gasteiger partial charge in [-0.25, -0.2) is 8.42 Å². The van der Waals surface area contributed by atoms with Crippen molar-refractivity contribution in [2.75, 3.05) is 32.2 Å². The maximum Gasteiger partial charge on any atom is 0.264 e. The molecule has 10 nitrogen and oxygen atoms in total. The fraction of sp³-hybridized carbons (Fsp3) is 0.394. The molecule has 0 radical (unpaired) electrons. The van der Waals surface area contributed by atoms with E-state index < -0.39 is 28.5 Å². The number of ether oxygens (including phenoxy) is 3. The number of rotatable bonds is 13. The van der Waals surface area contributed by atoms with Gasteiger partial charge in [0.2, 0.25) is 11.8 Å². The number of amides is 2. The summed E-state index contributed by atoms with van der Waals surface area (Å²) in [6, 6.07) is 17.5. The number of hydrogen-bond acceptors (Lipinski definition) is 7. The first-order valence-electron chi connectivity index (χ1n) is 14.6. The summed E-state index contributed by atoms with van der Waals surface area (Å²) in [5, 5.41) is 3.08. The van der Waals surface area contributed by atoms with Crippen LogP contribution in [0.2, 0.25) is 0 Å². The van der Waals surface area contributed by atoms with Gasteiger partial charge < -0.3 is 24.4 Å².